The number of nitrogens with zero attached hydrogens (tertiary/aromatic N) is 2. The summed E-state index contributed by atoms with van der Waals surface area (Å²) in [6.45, 7) is 6.46. The van der Waals surface area contributed by atoms with Gasteiger partial charge in [0.05, 0.1) is 18.1 Å². The quantitative estimate of drug-likeness (QED) is 0.610. The fourth-order valence-corrected chi connectivity index (χ4v) is 2.88. The summed E-state index contributed by atoms with van der Waals surface area (Å²) in [5.41, 5.74) is 5.89. The van der Waals surface area contributed by atoms with Gasteiger partial charge in [-0.2, -0.15) is 5.10 Å². The van der Waals surface area contributed by atoms with Gasteiger partial charge in [-0.15, -0.1) is 0 Å². The topological polar surface area (TPSA) is 102 Å². The van der Waals surface area contributed by atoms with E-state index in [1.807, 2.05) is 13.8 Å². The Morgan fingerprint density at radius 2 is 1.63 bits per heavy atom. The molecule has 0 bridgehead atoms. The van der Waals surface area contributed by atoms with Crippen molar-refractivity contribution in [1.29, 1.82) is 0 Å². The van der Waals surface area contributed by atoms with Crippen LogP contribution in [0.15, 0.2) is 53.3 Å². The first-order valence-electron chi connectivity index (χ1n) is 9.71. The summed E-state index contributed by atoms with van der Waals surface area (Å²) in [6, 6.07) is 13.7. The molecule has 3 rings (SSSR count). The molecule has 0 radical (unpaired) electrons. The van der Waals surface area contributed by atoms with Gasteiger partial charge in [0.1, 0.15) is 0 Å². The normalized spacial score (nSPS) is 10.9. The molecule has 0 aliphatic carbocycles. The molecule has 156 valence electrons. The van der Waals surface area contributed by atoms with E-state index in [2.05, 4.69) is 16.0 Å². The molecule has 2 N–H and O–H groups in total. The summed E-state index contributed by atoms with van der Waals surface area (Å²) in [7, 11) is 0. The van der Waals surface area contributed by atoms with Crippen LogP contribution in [0.1, 0.15) is 47.2 Å². The van der Waals surface area contributed by atoms with Crippen LogP contribution in [0.4, 0.5) is 0 Å². The third kappa shape index (κ3) is 4.72. The number of rotatable bonds is 6. The first kappa shape index (κ1) is 21.2. The Labute approximate surface area is 173 Å². The Balaban J connectivity index is 1.72. The fourth-order valence-electron chi connectivity index (χ4n) is 2.88. The molecule has 2 aromatic carbocycles. The molecule has 2 amide bonds. The summed E-state index contributed by atoms with van der Waals surface area (Å²) < 4.78 is 6.75. The van der Waals surface area contributed by atoms with Crippen molar-refractivity contribution in [2.75, 3.05) is 0 Å². The van der Waals surface area contributed by atoms with Gasteiger partial charge < -0.3 is 4.74 Å². The van der Waals surface area contributed by atoms with Gasteiger partial charge in [-0.3, -0.25) is 25.2 Å². The number of fused-ring (bicyclic) bond motifs is 1. The number of ether oxygens (including phenoxy) is 1. The highest BCUT2D eigenvalue weighted by molar-refractivity contribution is 6.06. The number of nitrogens with one attached hydrogen (secondary N) is 2. The summed E-state index contributed by atoms with van der Waals surface area (Å²) in [5.74, 6) is -1.07. The van der Waals surface area contributed by atoms with Crippen molar-refractivity contribution in [3.8, 4) is 0 Å². The molecule has 0 saturated heterocycles. The predicted octanol–water partition coefficient (Wildman–Crippen LogP) is 2.42. The molecule has 30 heavy (non-hydrogen) atoms. The van der Waals surface area contributed by atoms with Crippen LogP contribution in [0.5, 0.6) is 0 Å². The van der Waals surface area contributed by atoms with Crippen molar-refractivity contribution < 1.29 is 14.3 Å². The number of hydrogen-bond acceptors (Lipinski definition) is 5. The molecule has 0 saturated carbocycles. The lowest BCUT2D eigenvalue weighted by Crippen LogP contribution is -2.42. The summed E-state index contributed by atoms with van der Waals surface area (Å²) >= 11 is 0. The molecular weight excluding hydrogens is 384 g/mol. The van der Waals surface area contributed by atoms with Crippen molar-refractivity contribution >= 4 is 22.6 Å². The van der Waals surface area contributed by atoms with E-state index >= 15 is 0 Å². The van der Waals surface area contributed by atoms with Gasteiger partial charge in [0.25, 0.3) is 17.4 Å². The fraction of sp³-hybridized carbons (Fsp3) is 0.273. The smallest absolute Gasteiger partial charge is 0.290 e. The molecule has 8 nitrogen and oxygen atoms in total. The molecule has 1 aromatic heterocycles. The van der Waals surface area contributed by atoms with Crippen LogP contribution in [0, 0.1) is 0 Å². The third-order valence-corrected chi connectivity index (χ3v) is 4.47. The Hall–Kier alpha value is -3.52. The molecule has 1 heterocycles. The Morgan fingerprint density at radius 3 is 2.27 bits per heavy atom. The van der Waals surface area contributed by atoms with Crippen LogP contribution in [-0.2, 0) is 17.9 Å². The van der Waals surface area contributed by atoms with Gasteiger partial charge >= 0.3 is 0 Å². The summed E-state index contributed by atoms with van der Waals surface area (Å²) in [5, 5.41) is 4.96. The average Bonchev–Trinajstić information content (AvgIpc) is 2.76. The number of aromatic nitrogens is 2. The van der Waals surface area contributed by atoms with E-state index in [9.17, 15) is 14.4 Å². The zero-order chi connectivity index (χ0) is 21.7. The second-order valence-corrected chi connectivity index (χ2v) is 6.98. The van der Waals surface area contributed by atoms with E-state index in [0.29, 0.717) is 29.5 Å². The Morgan fingerprint density at radius 1 is 1.00 bits per heavy atom. The maximum atomic E-state index is 12.7. The van der Waals surface area contributed by atoms with Crippen LogP contribution in [0.2, 0.25) is 0 Å². The minimum absolute atomic E-state index is 0.0635. The monoisotopic (exact) mass is 408 g/mol. The van der Waals surface area contributed by atoms with Crippen LogP contribution in [-0.4, -0.2) is 27.7 Å². The van der Waals surface area contributed by atoms with Gasteiger partial charge in [-0.25, -0.2) is 4.68 Å². The maximum Gasteiger partial charge on any atom is 0.290 e. The molecular formula is C22H24N4O4. The van der Waals surface area contributed by atoms with Crippen molar-refractivity contribution in [2.24, 2.45) is 0 Å². The van der Waals surface area contributed by atoms with Crippen molar-refractivity contribution in [2.45, 2.75) is 40.0 Å². The molecule has 0 spiro atoms. The number of carbonyl (C=O) groups excluding carboxylic acids is 2. The minimum Gasteiger partial charge on any atom is -0.374 e. The van der Waals surface area contributed by atoms with Crippen LogP contribution < -0.4 is 16.4 Å². The highest BCUT2D eigenvalue weighted by Gasteiger charge is 2.17. The van der Waals surface area contributed by atoms with Crippen molar-refractivity contribution in [1.82, 2.24) is 20.6 Å². The number of hydrazine groups is 1. The summed E-state index contributed by atoms with van der Waals surface area (Å²) in [6.07, 6.45) is 0.120. The Kier molecular flexibility index (Phi) is 6.58. The van der Waals surface area contributed by atoms with E-state index in [1.54, 1.807) is 55.5 Å². The molecule has 0 unspecified atom stereocenters. The molecule has 0 atom stereocenters. The SMILES string of the molecule is CCn1nc(C(=O)NNC(=O)c2ccc(COC(C)C)cc2)c2ccccc2c1=O. The summed E-state index contributed by atoms with van der Waals surface area (Å²) in [4.78, 5) is 37.4. The lowest BCUT2D eigenvalue weighted by molar-refractivity contribution is 0.0656. The third-order valence-electron chi connectivity index (χ3n) is 4.47. The zero-order valence-corrected chi connectivity index (χ0v) is 17.1. The van der Waals surface area contributed by atoms with Crippen molar-refractivity contribution in [3.63, 3.8) is 0 Å². The molecule has 8 heteroatoms. The molecule has 3 aromatic rings. The second-order valence-electron chi connectivity index (χ2n) is 6.98. The first-order valence-corrected chi connectivity index (χ1v) is 9.71. The van der Waals surface area contributed by atoms with Gasteiger partial charge in [-0.1, -0.05) is 30.3 Å². The van der Waals surface area contributed by atoms with E-state index < -0.39 is 11.8 Å². The lowest BCUT2D eigenvalue weighted by atomic mass is 10.1. The van der Waals surface area contributed by atoms with Crippen LogP contribution >= 0.6 is 0 Å². The van der Waals surface area contributed by atoms with Crippen LogP contribution in [0.3, 0.4) is 0 Å². The van der Waals surface area contributed by atoms with E-state index in [0.717, 1.165) is 5.56 Å². The Bertz CT molecular complexity index is 1120. The highest BCUT2D eigenvalue weighted by Crippen LogP contribution is 2.13. The van der Waals surface area contributed by atoms with Gasteiger partial charge in [-0.05, 0) is 44.5 Å². The van der Waals surface area contributed by atoms with Gasteiger partial charge in [0, 0.05) is 17.5 Å². The van der Waals surface area contributed by atoms with Gasteiger partial charge in [0.15, 0.2) is 5.69 Å². The van der Waals surface area contributed by atoms with Crippen molar-refractivity contribution in [3.05, 3.63) is 75.7 Å². The zero-order valence-electron chi connectivity index (χ0n) is 17.1. The molecule has 0 aliphatic heterocycles. The maximum absolute atomic E-state index is 12.7. The number of amides is 2. The van der Waals surface area contributed by atoms with E-state index in [-0.39, 0.29) is 17.4 Å². The minimum atomic E-state index is -0.608. The lowest BCUT2D eigenvalue weighted by Gasteiger charge is -2.11. The second kappa shape index (κ2) is 9.32. The number of aryl methyl sites for hydroxylation is 1. The first-order chi connectivity index (χ1) is 14.4. The van der Waals surface area contributed by atoms with E-state index in [4.69, 9.17) is 4.74 Å². The van der Waals surface area contributed by atoms with Gasteiger partial charge in [0.2, 0.25) is 0 Å². The number of hydrogen-bond donors (Lipinski definition) is 2. The van der Waals surface area contributed by atoms with E-state index in [1.165, 1.54) is 4.68 Å². The highest BCUT2D eigenvalue weighted by atomic mass is 16.5. The molecule has 0 fully saturated rings. The molecule has 0 aliphatic rings. The predicted molar refractivity (Wildman–Crippen MR) is 113 cm³/mol. The standard InChI is InChI=1S/C22H24N4O4/c1-4-26-22(29)18-8-6-5-7-17(18)19(25-26)21(28)24-23-20(27)16-11-9-15(10-12-16)13-30-14(2)3/h5-12,14H,4,13H2,1-3H3,(H,23,27)(H,24,28). The van der Waals surface area contributed by atoms with Crippen LogP contribution in [0.25, 0.3) is 10.8 Å². The number of carbonyl (C=O) groups is 2. The largest absolute Gasteiger partial charge is 0.374 e. The number of benzene rings is 2. The average molecular weight is 408 g/mol.